The maximum atomic E-state index is 12.7. The lowest BCUT2D eigenvalue weighted by Crippen LogP contribution is -2.24. The maximum absolute atomic E-state index is 12.7. The van der Waals surface area contributed by atoms with Crippen LogP contribution in [0.4, 0.5) is 5.69 Å². The Morgan fingerprint density at radius 2 is 1.96 bits per heavy atom. The molecule has 27 heavy (non-hydrogen) atoms. The molecule has 1 aliphatic heterocycles. The van der Waals surface area contributed by atoms with Gasteiger partial charge in [-0.05, 0) is 48.7 Å². The number of nitrogens with zero attached hydrogens (tertiary/aromatic N) is 1. The van der Waals surface area contributed by atoms with Crippen molar-refractivity contribution in [1.82, 2.24) is 4.90 Å². The second-order valence-corrected chi connectivity index (χ2v) is 6.54. The molecule has 0 aromatic heterocycles. The Bertz CT molecular complexity index is 892. The van der Waals surface area contributed by atoms with Gasteiger partial charge in [-0.25, -0.2) is 4.79 Å². The Kier molecular flexibility index (Phi) is 5.54. The van der Waals surface area contributed by atoms with Crippen molar-refractivity contribution in [2.75, 3.05) is 19.0 Å². The summed E-state index contributed by atoms with van der Waals surface area (Å²) in [5, 5.41) is 2.85. The molecule has 1 saturated heterocycles. The number of rotatable bonds is 5. The minimum Gasteiger partial charge on any atom is -0.465 e. The number of amides is 2. The van der Waals surface area contributed by atoms with Crippen molar-refractivity contribution < 1.29 is 19.1 Å². The Labute approximate surface area is 158 Å². The summed E-state index contributed by atoms with van der Waals surface area (Å²) in [4.78, 5) is 38.1. The number of likely N-dealkylation sites (tertiary alicyclic amines) is 1. The maximum Gasteiger partial charge on any atom is 0.338 e. The molecule has 0 radical (unpaired) electrons. The summed E-state index contributed by atoms with van der Waals surface area (Å²) in [7, 11) is 1.32. The Balaban J connectivity index is 1.76. The largest absolute Gasteiger partial charge is 0.465 e. The van der Waals surface area contributed by atoms with E-state index in [1.54, 1.807) is 42.2 Å². The number of nitrogens with one attached hydrogen (secondary N) is 1. The zero-order valence-corrected chi connectivity index (χ0v) is 15.5. The molecule has 0 bridgehead atoms. The number of anilines is 1. The van der Waals surface area contributed by atoms with Crippen molar-refractivity contribution in [2.45, 2.75) is 26.3 Å². The fourth-order valence-corrected chi connectivity index (χ4v) is 3.20. The number of hydrogen-bond donors (Lipinski definition) is 1. The predicted molar refractivity (Wildman–Crippen MR) is 102 cm³/mol. The predicted octanol–water partition coefficient (Wildman–Crippen LogP) is 3.16. The number of hydrogen-bond acceptors (Lipinski definition) is 4. The first-order chi connectivity index (χ1) is 13.0. The molecule has 2 aromatic rings. The third-order valence-corrected chi connectivity index (χ3v) is 4.72. The number of carbonyl (C=O) groups excluding carboxylic acids is 3. The highest BCUT2D eigenvalue weighted by atomic mass is 16.5. The third-order valence-electron chi connectivity index (χ3n) is 4.72. The van der Waals surface area contributed by atoms with Gasteiger partial charge >= 0.3 is 5.97 Å². The molecular formula is C21H22N2O4. The van der Waals surface area contributed by atoms with E-state index in [0.29, 0.717) is 35.3 Å². The van der Waals surface area contributed by atoms with Crippen LogP contribution >= 0.6 is 0 Å². The van der Waals surface area contributed by atoms with Crippen molar-refractivity contribution in [3.63, 3.8) is 0 Å². The molecule has 6 nitrogen and oxygen atoms in total. The molecule has 2 aromatic carbocycles. The molecule has 2 amide bonds. The molecule has 0 atom stereocenters. The average molecular weight is 366 g/mol. The summed E-state index contributed by atoms with van der Waals surface area (Å²) in [6.45, 7) is 3.03. The van der Waals surface area contributed by atoms with Gasteiger partial charge in [-0.2, -0.15) is 0 Å². The van der Waals surface area contributed by atoms with Gasteiger partial charge in [0, 0.05) is 30.8 Å². The molecule has 0 unspecified atom stereocenters. The first-order valence-electron chi connectivity index (χ1n) is 8.85. The van der Waals surface area contributed by atoms with E-state index >= 15 is 0 Å². The van der Waals surface area contributed by atoms with Crippen molar-refractivity contribution >= 4 is 23.5 Å². The smallest absolute Gasteiger partial charge is 0.338 e. The molecule has 1 heterocycles. The molecule has 0 spiro atoms. The zero-order valence-electron chi connectivity index (χ0n) is 15.5. The number of ether oxygens (including phenoxy) is 1. The monoisotopic (exact) mass is 366 g/mol. The molecule has 3 rings (SSSR count). The van der Waals surface area contributed by atoms with Crippen molar-refractivity contribution in [3.05, 3.63) is 64.7 Å². The van der Waals surface area contributed by atoms with E-state index in [-0.39, 0.29) is 11.8 Å². The summed E-state index contributed by atoms with van der Waals surface area (Å²) in [6.07, 6.45) is 1.48. The topological polar surface area (TPSA) is 75.7 Å². The zero-order chi connectivity index (χ0) is 19.4. The lowest BCUT2D eigenvalue weighted by molar-refractivity contribution is -0.128. The van der Waals surface area contributed by atoms with Crippen LogP contribution in [0.5, 0.6) is 0 Å². The summed E-state index contributed by atoms with van der Waals surface area (Å²) < 4.78 is 4.77. The van der Waals surface area contributed by atoms with Crippen LogP contribution in [0.2, 0.25) is 0 Å². The van der Waals surface area contributed by atoms with Gasteiger partial charge in [0.2, 0.25) is 5.91 Å². The van der Waals surface area contributed by atoms with E-state index < -0.39 is 5.97 Å². The molecule has 1 aliphatic rings. The van der Waals surface area contributed by atoms with E-state index in [4.69, 9.17) is 4.74 Å². The van der Waals surface area contributed by atoms with Gasteiger partial charge < -0.3 is 15.0 Å². The molecular weight excluding hydrogens is 344 g/mol. The standard InChI is InChI=1S/C21H22N2O4/c1-14-17(21(26)27-2)8-4-9-18(14)22-20(25)16-7-3-6-15(12-16)13-23-11-5-10-19(23)24/h3-4,6-9,12H,5,10-11,13H2,1-2H3,(H,22,25). The van der Waals surface area contributed by atoms with Gasteiger partial charge in [-0.15, -0.1) is 0 Å². The third kappa shape index (κ3) is 4.16. The fourth-order valence-electron chi connectivity index (χ4n) is 3.20. The van der Waals surface area contributed by atoms with Crippen LogP contribution in [0.15, 0.2) is 42.5 Å². The highest BCUT2D eigenvalue weighted by molar-refractivity contribution is 6.05. The quantitative estimate of drug-likeness (QED) is 0.825. The summed E-state index contributed by atoms with van der Waals surface area (Å²) in [6, 6.07) is 12.3. The summed E-state index contributed by atoms with van der Waals surface area (Å²) in [5.41, 5.74) is 3.04. The van der Waals surface area contributed by atoms with Crippen LogP contribution in [-0.2, 0) is 16.1 Å². The van der Waals surface area contributed by atoms with E-state index in [1.807, 2.05) is 12.1 Å². The van der Waals surface area contributed by atoms with Gasteiger partial charge in [0.05, 0.1) is 12.7 Å². The molecule has 1 fully saturated rings. The van der Waals surface area contributed by atoms with Crippen LogP contribution in [0.25, 0.3) is 0 Å². The molecule has 0 saturated carbocycles. The Morgan fingerprint density at radius 1 is 1.19 bits per heavy atom. The minimum absolute atomic E-state index is 0.153. The first kappa shape index (κ1) is 18.6. The first-order valence-corrected chi connectivity index (χ1v) is 8.85. The highest BCUT2D eigenvalue weighted by Crippen LogP contribution is 2.21. The second kappa shape index (κ2) is 8.03. The van der Waals surface area contributed by atoms with Gasteiger partial charge in [0.25, 0.3) is 5.91 Å². The average Bonchev–Trinajstić information content (AvgIpc) is 3.07. The van der Waals surface area contributed by atoms with E-state index in [2.05, 4.69) is 5.32 Å². The second-order valence-electron chi connectivity index (χ2n) is 6.54. The molecule has 140 valence electrons. The van der Waals surface area contributed by atoms with Crippen molar-refractivity contribution in [3.8, 4) is 0 Å². The van der Waals surface area contributed by atoms with E-state index in [9.17, 15) is 14.4 Å². The number of benzene rings is 2. The SMILES string of the molecule is COC(=O)c1cccc(NC(=O)c2cccc(CN3CCCC3=O)c2)c1C. The molecule has 1 N–H and O–H groups in total. The van der Waals surface area contributed by atoms with E-state index in [0.717, 1.165) is 18.5 Å². The van der Waals surface area contributed by atoms with Gasteiger partial charge in [0.1, 0.15) is 0 Å². The van der Waals surface area contributed by atoms with Crippen LogP contribution in [0.1, 0.15) is 44.7 Å². The molecule has 0 aliphatic carbocycles. The normalized spacial score (nSPS) is 13.6. The number of carbonyl (C=O) groups is 3. The van der Waals surface area contributed by atoms with Gasteiger partial charge in [0.15, 0.2) is 0 Å². The molecule has 6 heteroatoms. The van der Waals surface area contributed by atoms with Crippen molar-refractivity contribution in [2.24, 2.45) is 0 Å². The van der Waals surface area contributed by atoms with Crippen molar-refractivity contribution in [1.29, 1.82) is 0 Å². The number of esters is 1. The van der Waals surface area contributed by atoms with Crippen LogP contribution in [0, 0.1) is 6.92 Å². The number of methoxy groups -OCH3 is 1. The van der Waals surface area contributed by atoms with Crippen LogP contribution < -0.4 is 5.32 Å². The lowest BCUT2D eigenvalue weighted by Gasteiger charge is -2.16. The van der Waals surface area contributed by atoms with Crippen LogP contribution in [0.3, 0.4) is 0 Å². The van der Waals surface area contributed by atoms with Gasteiger partial charge in [-0.3, -0.25) is 9.59 Å². The summed E-state index contributed by atoms with van der Waals surface area (Å²) >= 11 is 0. The fraction of sp³-hybridized carbons (Fsp3) is 0.286. The highest BCUT2D eigenvalue weighted by Gasteiger charge is 2.20. The Hall–Kier alpha value is -3.15. The van der Waals surface area contributed by atoms with E-state index in [1.165, 1.54) is 7.11 Å². The van der Waals surface area contributed by atoms with Crippen LogP contribution in [-0.4, -0.2) is 36.3 Å². The Morgan fingerprint density at radius 3 is 2.67 bits per heavy atom. The summed E-state index contributed by atoms with van der Waals surface area (Å²) in [5.74, 6) is -0.560. The van der Waals surface area contributed by atoms with Gasteiger partial charge in [-0.1, -0.05) is 18.2 Å². The minimum atomic E-state index is -0.444. The lowest BCUT2D eigenvalue weighted by atomic mass is 10.1.